The van der Waals surface area contributed by atoms with E-state index in [1.165, 1.54) is 48.5 Å². The Morgan fingerprint density at radius 1 is 1.19 bits per heavy atom. The zero-order valence-corrected chi connectivity index (χ0v) is 19.4. The Morgan fingerprint density at radius 2 is 1.88 bits per heavy atom. The molecular formula is C22H25FN4O4S. The number of hydrogen-bond acceptors (Lipinski definition) is 6. The Balaban J connectivity index is 2.06. The summed E-state index contributed by atoms with van der Waals surface area (Å²) in [5.41, 5.74) is 0.189. The summed E-state index contributed by atoms with van der Waals surface area (Å²) in [6, 6.07) is 10.1. The number of hydrogen-bond donors (Lipinski definition) is 0. The molecule has 1 aromatic carbocycles. The van der Waals surface area contributed by atoms with Gasteiger partial charge in [-0.05, 0) is 52.0 Å². The third kappa shape index (κ3) is 5.13. The number of sulfone groups is 1. The fourth-order valence-electron chi connectivity index (χ4n) is 2.86. The lowest BCUT2D eigenvalue weighted by molar-refractivity contribution is 0.0283. The van der Waals surface area contributed by atoms with E-state index in [1.54, 1.807) is 39.8 Å². The highest BCUT2D eigenvalue weighted by molar-refractivity contribution is 7.91. The number of pyridine rings is 1. The lowest BCUT2D eigenvalue weighted by Gasteiger charge is -2.24. The summed E-state index contributed by atoms with van der Waals surface area (Å²) in [4.78, 5) is 17.6. The van der Waals surface area contributed by atoms with Gasteiger partial charge in [0.05, 0.1) is 17.1 Å². The molecule has 3 rings (SSSR count). The number of ether oxygens (including phenoxy) is 1. The fourth-order valence-corrected chi connectivity index (χ4v) is 4.19. The van der Waals surface area contributed by atoms with Gasteiger partial charge in [-0.15, -0.1) is 0 Å². The van der Waals surface area contributed by atoms with Crippen LogP contribution in [0.2, 0.25) is 0 Å². The minimum Gasteiger partial charge on any atom is -0.444 e. The van der Waals surface area contributed by atoms with Crippen LogP contribution in [-0.4, -0.2) is 46.8 Å². The minimum absolute atomic E-state index is 0.0303. The van der Waals surface area contributed by atoms with Crippen molar-refractivity contribution in [1.29, 1.82) is 0 Å². The Hall–Kier alpha value is -3.27. The molecule has 0 spiro atoms. The molecule has 0 N–H and O–H groups in total. The summed E-state index contributed by atoms with van der Waals surface area (Å²) in [5, 5.41) is 4.06. The molecule has 0 unspecified atom stereocenters. The molecule has 0 aliphatic rings. The van der Waals surface area contributed by atoms with Crippen LogP contribution < -0.4 is 0 Å². The second kappa shape index (κ2) is 8.70. The van der Waals surface area contributed by atoms with Crippen LogP contribution >= 0.6 is 0 Å². The minimum atomic E-state index is -4.08. The zero-order chi connectivity index (χ0) is 23.7. The molecule has 10 heteroatoms. The predicted molar refractivity (Wildman–Crippen MR) is 116 cm³/mol. The first kappa shape index (κ1) is 23.4. The van der Waals surface area contributed by atoms with E-state index in [-0.39, 0.29) is 27.8 Å². The van der Waals surface area contributed by atoms with Crippen LogP contribution in [0.5, 0.6) is 0 Å². The van der Waals surface area contributed by atoms with Crippen molar-refractivity contribution in [2.75, 3.05) is 7.05 Å². The van der Waals surface area contributed by atoms with Gasteiger partial charge in [0.25, 0.3) is 0 Å². The lowest BCUT2D eigenvalue weighted by Crippen LogP contribution is -2.33. The highest BCUT2D eigenvalue weighted by Crippen LogP contribution is 2.26. The first-order chi connectivity index (χ1) is 14.9. The van der Waals surface area contributed by atoms with E-state index in [9.17, 15) is 17.6 Å². The molecule has 0 bridgehead atoms. The van der Waals surface area contributed by atoms with Gasteiger partial charge in [-0.25, -0.2) is 22.3 Å². The normalized spacial score (nSPS) is 11.9. The van der Waals surface area contributed by atoms with Crippen LogP contribution in [0.3, 0.4) is 0 Å². The molecule has 170 valence electrons. The summed E-state index contributed by atoms with van der Waals surface area (Å²) in [6.07, 6.45) is 0.653. The Kier molecular flexibility index (Phi) is 6.36. The molecule has 2 heterocycles. The standard InChI is InChI=1S/C22H25FN4O4S/c1-15-10-11-17(13-24-15)32(29,30)20-12-16(14-26(5)21(28)31-22(2,3)4)25-27(20)19-9-7-6-8-18(19)23/h6-13H,14H2,1-5H3. The van der Waals surface area contributed by atoms with Crippen molar-refractivity contribution < 1.29 is 22.3 Å². The second-order valence-corrected chi connectivity index (χ2v) is 10.2. The summed E-state index contributed by atoms with van der Waals surface area (Å²) in [6.45, 7) is 6.93. The monoisotopic (exact) mass is 460 g/mol. The van der Waals surface area contributed by atoms with E-state index in [2.05, 4.69) is 10.1 Å². The van der Waals surface area contributed by atoms with E-state index in [1.807, 2.05) is 0 Å². The first-order valence-corrected chi connectivity index (χ1v) is 11.3. The topological polar surface area (TPSA) is 94.4 Å². The van der Waals surface area contributed by atoms with Gasteiger partial charge in [-0.2, -0.15) is 5.10 Å². The molecule has 0 atom stereocenters. The van der Waals surface area contributed by atoms with Crippen molar-refractivity contribution >= 4 is 15.9 Å². The number of amides is 1. The van der Waals surface area contributed by atoms with Crippen LogP contribution in [0.4, 0.5) is 9.18 Å². The van der Waals surface area contributed by atoms with E-state index in [0.29, 0.717) is 5.69 Å². The maximum absolute atomic E-state index is 14.5. The Bertz CT molecular complexity index is 1230. The maximum Gasteiger partial charge on any atom is 0.410 e. The van der Waals surface area contributed by atoms with Crippen molar-refractivity contribution in [2.45, 2.75) is 49.8 Å². The van der Waals surface area contributed by atoms with Crippen LogP contribution in [0.1, 0.15) is 32.2 Å². The number of aromatic nitrogens is 3. The number of rotatable bonds is 5. The van der Waals surface area contributed by atoms with Crippen molar-refractivity contribution in [3.05, 3.63) is 65.9 Å². The van der Waals surface area contributed by atoms with Crippen LogP contribution in [0, 0.1) is 12.7 Å². The molecule has 1 amide bonds. The van der Waals surface area contributed by atoms with E-state index in [0.717, 1.165) is 4.68 Å². The van der Waals surface area contributed by atoms with Crippen molar-refractivity contribution in [2.24, 2.45) is 0 Å². The van der Waals surface area contributed by atoms with Crippen LogP contribution in [0.15, 0.2) is 58.6 Å². The largest absolute Gasteiger partial charge is 0.444 e. The highest BCUT2D eigenvalue weighted by atomic mass is 32.2. The van der Waals surface area contributed by atoms with Crippen LogP contribution in [-0.2, 0) is 21.1 Å². The number of para-hydroxylation sites is 1. The number of benzene rings is 1. The molecular weight excluding hydrogens is 435 g/mol. The summed E-state index contributed by atoms with van der Waals surface area (Å²) in [7, 11) is -2.57. The number of halogens is 1. The second-order valence-electron chi connectivity index (χ2n) is 8.31. The van der Waals surface area contributed by atoms with Crippen molar-refractivity contribution in [3.63, 3.8) is 0 Å². The van der Waals surface area contributed by atoms with E-state index in [4.69, 9.17) is 4.74 Å². The fraction of sp³-hybridized carbons (Fsp3) is 0.318. The molecule has 0 fully saturated rings. The first-order valence-electron chi connectivity index (χ1n) is 9.84. The SMILES string of the molecule is Cc1ccc(S(=O)(=O)c2cc(CN(C)C(=O)OC(C)(C)C)nn2-c2ccccc2F)cn1. The van der Waals surface area contributed by atoms with Gasteiger partial charge in [0, 0.05) is 25.0 Å². The van der Waals surface area contributed by atoms with Gasteiger partial charge in [0.1, 0.15) is 17.1 Å². The van der Waals surface area contributed by atoms with Crippen molar-refractivity contribution in [1.82, 2.24) is 19.7 Å². The van der Waals surface area contributed by atoms with Gasteiger partial charge in [0.15, 0.2) is 5.03 Å². The van der Waals surface area contributed by atoms with Gasteiger partial charge in [-0.3, -0.25) is 4.98 Å². The van der Waals surface area contributed by atoms with Crippen molar-refractivity contribution in [3.8, 4) is 5.69 Å². The van der Waals surface area contributed by atoms with Gasteiger partial charge in [-0.1, -0.05) is 12.1 Å². The number of carbonyl (C=O) groups is 1. The molecule has 0 aliphatic heterocycles. The average molecular weight is 461 g/mol. The smallest absolute Gasteiger partial charge is 0.410 e. The zero-order valence-electron chi connectivity index (χ0n) is 18.5. The molecule has 0 radical (unpaired) electrons. The highest BCUT2D eigenvalue weighted by Gasteiger charge is 2.28. The Morgan fingerprint density at radius 3 is 2.47 bits per heavy atom. The lowest BCUT2D eigenvalue weighted by atomic mass is 10.2. The number of aryl methyl sites for hydroxylation is 1. The maximum atomic E-state index is 14.5. The average Bonchev–Trinajstić information content (AvgIpc) is 3.11. The van der Waals surface area contributed by atoms with Crippen LogP contribution in [0.25, 0.3) is 5.69 Å². The molecule has 32 heavy (non-hydrogen) atoms. The summed E-state index contributed by atoms with van der Waals surface area (Å²) < 4.78 is 47.6. The van der Waals surface area contributed by atoms with Gasteiger partial charge in [0.2, 0.25) is 9.84 Å². The summed E-state index contributed by atoms with van der Waals surface area (Å²) >= 11 is 0. The quantitative estimate of drug-likeness (QED) is 0.573. The number of carbonyl (C=O) groups excluding carboxylic acids is 1. The molecule has 8 nitrogen and oxygen atoms in total. The predicted octanol–water partition coefficient (Wildman–Crippen LogP) is 3.91. The van der Waals surface area contributed by atoms with Gasteiger partial charge >= 0.3 is 6.09 Å². The van der Waals surface area contributed by atoms with E-state index < -0.39 is 27.3 Å². The molecule has 3 aromatic rings. The Labute approximate surface area is 186 Å². The third-order valence-electron chi connectivity index (χ3n) is 4.38. The number of nitrogens with zero attached hydrogens (tertiary/aromatic N) is 4. The van der Waals surface area contributed by atoms with E-state index >= 15 is 0 Å². The molecule has 0 saturated carbocycles. The summed E-state index contributed by atoms with van der Waals surface area (Å²) in [5.74, 6) is -0.638. The third-order valence-corrected chi connectivity index (χ3v) is 6.09. The molecule has 2 aromatic heterocycles. The molecule has 0 saturated heterocycles. The molecule has 0 aliphatic carbocycles. The van der Waals surface area contributed by atoms with Gasteiger partial charge < -0.3 is 9.64 Å².